The molecule has 0 spiro atoms. The molecule has 1 saturated heterocycles. The Morgan fingerprint density at radius 3 is 2.45 bits per heavy atom. The van der Waals surface area contributed by atoms with E-state index in [0.29, 0.717) is 18.7 Å². The predicted octanol–water partition coefficient (Wildman–Crippen LogP) is 3.18. The Balaban J connectivity index is 1.80. The second-order valence-corrected chi connectivity index (χ2v) is 5.11. The number of morpholine rings is 1. The van der Waals surface area contributed by atoms with Gasteiger partial charge in [-0.15, -0.1) is 0 Å². The predicted molar refractivity (Wildman–Crippen MR) is 77.4 cm³/mol. The van der Waals surface area contributed by atoms with Gasteiger partial charge in [-0.25, -0.2) is 8.78 Å². The van der Waals surface area contributed by atoms with E-state index in [1.54, 1.807) is 24.3 Å². The third-order valence-electron chi connectivity index (χ3n) is 3.71. The minimum absolute atomic E-state index is 0.0247. The van der Waals surface area contributed by atoms with Crippen LogP contribution in [0.3, 0.4) is 0 Å². The molecule has 0 aromatic heterocycles. The summed E-state index contributed by atoms with van der Waals surface area (Å²) in [4.78, 5) is 13.9. The van der Waals surface area contributed by atoms with Gasteiger partial charge in [-0.1, -0.05) is 30.3 Å². The number of halogens is 2. The minimum Gasteiger partial charge on any atom is -0.370 e. The molecule has 1 amide bonds. The summed E-state index contributed by atoms with van der Waals surface area (Å²) >= 11 is 0. The fourth-order valence-electron chi connectivity index (χ4n) is 2.56. The van der Waals surface area contributed by atoms with Crippen LogP contribution >= 0.6 is 0 Å². The molecule has 3 nitrogen and oxygen atoms in total. The first-order valence-corrected chi connectivity index (χ1v) is 7.06. The van der Waals surface area contributed by atoms with Gasteiger partial charge in [-0.3, -0.25) is 4.79 Å². The second kappa shape index (κ2) is 6.23. The third-order valence-corrected chi connectivity index (χ3v) is 3.71. The summed E-state index contributed by atoms with van der Waals surface area (Å²) in [7, 11) is 0. The monoisotopic (exact) mass is 303 g/mol. The van der Waals surface area contributed by atoms with E-state index in [2.05, 4.69) is 0 Å². The molecule has 2 aromatic rings. The maximum absolute atomic E-state index is 13.8. The molecule has 5 heteroatoms. The van der Waals surface area contributed by atoms with Gasteiger partial charge in [0.05, 0.1) is 18.7 Å². The number of nitrogens with zero attached hydrogens (tertiary/aromatic N) is 1. The summed E-state index contributed by atoms with van der Waals surface area (Å²) in [6.45, 7) is 0.853. The van der Waals surface area contributed by atoms with Crippen molar-refractivity contribution in [1.29, 1.82) is 0 Å². The van der Waals surface area contributed by atoms with E-state index in [9.17, 15) is 13.6 Å². The Labute approximate surface area is 127 Å². The van der Waals surface area contributed by atoms with Gasteiger partial charge in [0.2, 0.25) is 0 Å². The summed E-state index contributed by atoms with van der Waals surface area (Å²) in [6.07, 6.45) is -0.536. The highest BCUT2D eigenvalue weighted by molar-refractivity contribution is 5.94. The van der Waals surface area contributed by atoms with Crippen LogP contribution in [0.25, 0.3) is 0 Å². The number of hydrogen-bond acceptors (Lipinski definition) is 2. The van der Waals surface area contributed by atoms with Crippen molar-refractivity contribution in [3.05, 3.63) is 71.3 Å². The lowest BCUT2D eigenvalue weighted by Crippen LogP contribution is -2.42. The zero-order chi connectivity index (χ0) is 15.5. The lowest BCUT2D eigenvalue weighted by Gasteiger charge is -2.33. The van der Waals surface area contributed by atoms with E-state index < -0.39 is 17.8 Å². The number of carbonyl (C=O) groups excluding carboxylic acids is 1. The van der Waals surface area contributed by atoms with Crippen molar-refractivity contribution in [1.82, 2.24) is 4.90 Å². The van der Waals surface area contributed by atoms with Gasteiger partial charge in [0.15, 0.2) is 0 Å². The fraction of sp³-hybridized carbons (Fsp3) is 0.235. The van der Waals surface area contributed by atoms with Crippen LogP contribution in [-0.4, -0.2) is 30.5 Å². The third kappa shape index (κ3) is 2.85. The van der Waals surface area contributed by atoms with Crippen molar-refractivity contribution in [2.45, 2.75) is 6.10 Å². The number of hydrogen-bond donors (Lipinski definition) is 0. The Morgan fingerprint density at radius 2 is 1.73 bits per heavy atom. The first-order valence-electron chi connectivity index (χ1n) is 7.06. The fourth-order valence-corrected chi connectivity index (χ4v) is 2.56. The molecule has 1 atom stereocenters. The largest absolute Gasteiger partial charge is 0.370 e. The normalized spacial score (nSPS) is 18.3. The lowest BCUT2D eigenvalue weighted by atomic mass is 10.1. The van der Waals surface area contributed by atoms with E-state index in [1.165, 1.54) is 29.2 Å². The molecule has 0 aliphatic carbocycles. The highest BCUT2D eigenvalue weighted by Gasteiger charge is 2.28. The Hall–Kier alpha value is -2.27. The Bertz CT molecular complexity index is 690. The molecule has 0 saturated carbocycles. The van der Waals surface area contributed by atoms with Crippen LogP contribution in [0.5, 0.6) is 0 Å². The SMILES string of the molecule is O=C(c1ccccc1F)N1CCOC(c2ccccc2F)C1. The highest BCUT2D eigenvalue weighted by Crippen LogP contribution is 2.25. The first-order chi connectivity index (χ1) is 10.7. The molecule has 1 aliphatic heterocycles. The van der Waals surface area contributed by atoms with Gasteiger partial charge in [0.25, 0.3) is 5.91 Å². The molecule has 1 heterocycles. The van der Waals surface area contributed by atoms with Crippen LogP contribution < -0.4 is 0 Å². The van der Waals surface area contributed by atoms with Gasteiger partial charge < -0.3 is 9.64 Å². The van der Waals surface area contributed by atoms with E-state index in [4.69, 9.17) is 4.74 Å². The number of ether oxygens (including phenoxy) is 1. The van der Waals surface area contributed by atoms with E-state index in [0.717, 1.165) is 0 Å². The maximum atomic E-state index is 13.8. The van der Waals surface area contributed by atoms with Gasteiger partial charge in [0, 0.05) is 12.1 Å². The minimum atomic E-state index is -0.554. The van der Waals surface area contributed by atoms with E-state index >= 15 is 0 Å². The van der Waals surface area contributed by atoms with E-state index in [1.807, 2.05) is 0 Å². The average molecular weight is 303 g/mol. The summed E-state index contributed by atoms with van der Waals surface area (Å²) in [5, 5.41) is 0. The summed E-state index contributed by atoms with van der Waals surface area (Å²) in [6, 6.07) is 12.2. The molecule has 1 aliphatic rings. The summed E-state index contributed by atoms with van der Waals surface area (Å²) in [5.74, 6) is -1.32. The smallest absolute Gasteiger partial charge is 0.257 e. The molecule has 3 rings (SSSR count). The lowest BCUT2D eigenvalue weighted by molar-refractivity contribution is -0.0244. The zero-order valence-corrected chi connectivity index (χ0v) is 11.8. The topological polar surface area (TPSA) is 29.5 Å². The number of carbonyl (C=O) groups is 1. The van der Waals surface area contributed by atoms with Gasteiger partial charge in [-0.2, -0.15) is 0 Å². The van der Waals surface area contributed by atoms with Crippen LogP contribution in [0.1, 0.15) is 22.0 Å². The quantitative estimate of drug-likeness (QED) is 0.853. The van der Waals surface area contributed by atoms with Crippen molar-refractivity contribution < 1.29 is 18.3 Å². The average Bonchev–Trinajstić information content (AvgIpc) is 2.55. The molecule has 0 N–H and O–H groups in total. The van der Waals surface area contributed by atoms with Crippen molar-refractivity contribution in [3.63, 3.8) is 0 Å². The number of amides is 1. The molecular formula is C17H15F2NO2. The van der Waals surface area contributed by atoms with Crippen LogP contribution in [0.2, 0.25) is 0 Å². The Kier molecular flexibility index (Phi) is 4.15. The van der Waals surface area contributed by atoms with Crippen LogP contribution in [-0.2, 0) is 4.74 Å². The van der Waals surface area contributed by atoms with Gasteiger partial charge in [-0.05, 0) is 18.2 Å². The molecule has 22 heavy (non-hydrogen) atoms. The second-order valence-electron chi connectivity index (χ2n) is 5.11. The molecular weight excluding hydrogens is 288 g/mol. The van der Waals surface area contributed by atoms with Crippen molar-refractivity contribution >= 4 is 5.91 Å². The van der Waals surface area contributed by atoms with Gasteiger partial charge >= 0.3 is 0 Å². The molecule has 114 valence electrons. The van der Waals surface area contributed by atoms with Gasteiger partial charge in [0.1, 0.15) is 17.7 Å². The van der Waals surface area contributed by atoms with Crippen molar-refractivity contribution in [3.8, 4) is 0 Å². The summed E-state index contributed by atoms with van der Waals surface area (Å²) in [5.41, 5.74) is 0.435. The molecule has 1 fully saturated rings. The molecule has 2 aromatic carbocycles. The maximum Gasteiger partial charge on any atom is 0.257 e. The van der Waals surface area contributed by atoms with Crippen LogP contribution in [0, 0.1) is 11.6 Å². The van der Waals surface area contributed by atoms with Crippen LogP contribution in [0.4, 0.5) is 8.78 Å². The van der Waals surface area contributed by atoms with Crippen molar-refractivity contribution in [2.24, 2.45) is 0 Å². The first kappa shape index (κ1) is 14.7. The Morgan fingerprint density at radius 1 is 1.05 bits per heavy atom. The zero-order valence-electron chi connectivity index (χ0n) is 11.8. The van der Waals surface area contributed by atoms with Crippen molar-refractivity contribution in [2.75, 3.05) is 19.7 Å². The molecule has 0 radical (unpaired) electrons. The standard InChI is InChI=1S/C17H15F2NO2/c18-14-7-3-1-5-12(14)16-11-20(9-10-22-16)17(21)13-6-2-4-8-15(13)19/h1-8,16H,9-11H2. The number of rotatable bonds is 2. The van der Waals surface area contributed by atoms with Crippen LogP contribution in [0.15, 0.2) is 48.5 Å². The molecule has 0 bridgehead atoms. The van der Waals surface area contributed by atoms with E-state index in [-0.39, 0.29) is 17.9 Å². The molecule has 1 unspecified atom stereocenters. The number of benzene rings is 2. The highest BCUT2D eigenvalue weighted by atomic mass is 19.1. The summed E-state index contributed by atoms with van der Waals surface area (Å²) < 4.78 is 33.2.